The summed E-state index contributed by atoms with van der Waals surface area (Å²) in [7, 11) is 0. The largest absolute Gasteiger partial charge is 0.303 e. The van der Waals surface area contributed by atoms with Crippen molar-refractivity contribution < 1.29 is 0 Å². The SMILES string of the molecule is CCCCN1CCC(NN)CC1. The average Bonchev–Trinajstić information content (AvgIpc) is 2.15. The van der Waals surface area contributed by atoms with Crippen LogP contribution in [0.4, 0.5) is 0 Å². The van der Waals surface area contributed by atoms with Gasteiger partial charge < -0.3 is 4.90 Å². The molecule has 1 rings (SSSR count). The number of nitrogens with two attached hydrogens (primary N) is 1. The van der Waals surface area contributed by atoms with Gasteiger partial charge in [0.25, 0.3) is 0 Å². The number of hydrogen-bond acceptors (Lipinski definition) is 3. The highest BCUT2D eigenvalue weighted by atomic mass is 15.2. The molecule has 12 heavy (non-hydrogen) atoms. The van der Waals surface area contributed by atoms with E-state index in [-0.39, 0.29) is 0 Å². The predicted octanol–water partition coefficient (Wildman–Crippen LogP) is 0.714. The molecule has 0 spiro atoms. The smallest absolute Gasteiger partial charge is 0.0234 e. The van der Waals surface area contributed by atoms with Crippen LogP contribution >= 0.6 is 0 Å². The maximum atomic E-state index is 5.38. The number of piperidine rings is 1. The molecule has 1 fully saturated rings. The van der Waals surface area contributed by atoms with E-state index in [9.17, 15) is 0 Å². The van der Waals surface area contributed by atoms with E-state index in [1.54, 1.807) is 0 Å². The molecule has 0 saturated carbocycles. The van der Waals surface area contributed by atoms with E-state index in [1.807, 2.05) is 0 Å². The van der Waals surface area contributed by atoms with Crippen LogP contribution in [0.3, 0.4) is 0 Å². The van der Waals surface area contributed by atoms with Gasteiger partial charge in [-0.3, -0.25) is 11.3 Å². The zero-order valence-electron chi connectivity index (χ0n) is 8.05. The molecule has 0 unspecified atom stereocenters. The highest BCUT2D eigenvalue weighted by Gasteiger charge is 2.16. The van der Waals surface area contributed by atoms with Crippen molar-refractivity contribution in [2.45, 2.75) is 38.6 Å². The van der Waals surface area contributed by atoms with Crippen LogP contribution in [0.15, 0.2) is 0 Å². The first-order valence-electron chi connectivity index (χ1n) is 5.05. The van der Waals surface area contributed by atoms with E-state index >= 15 is 0 Å². The van der Waals surface area contributed by atoms with E-state index in [0.717, 1.165) is 0 Å². The molecule has 1 heterocycles. The van der Waals surface area contributed by atoms with E-state index in [1.165, 1.54) is 45.3 Å². The van der Waals surface area contributed by atoms with Gasteiger partial charge in [-0.25, -0.2) is 0 Å². The van der Waals surface area contributed by atoms with Crippen LogP contribution in [0.2, 0.25) is 0 Å². The molecule has 3 nitrogen and oxygen atoms in total. The lowest BCUT2D eigenvalue weighted by atomic mass is 10.1. The molecule has 0 amide bonds. The summed E-state index contributed by atoms with van der Waals surface area (Å²) in [5, 5.41) is 0. The Balaban J connectivity index is 2.09. The normalized spacial score (nSPS) is 21.5. The van der Waals surface area contributed by atoms with Gasteiger partial charge in [-0.15, -0.1) is 0 Å². The molecule has 72 valence electrons. The Morgan fingerprint density at radius 3 is 2.58 bits per heavy atom. The molecule has 0 aliphatic carbocycles. The maximum absolute atomic E-state index is 5.38. The molecule has 3 N–H and O–H groups in total. The molecule has 1 saturated heterocycles. The van der Waals surface area contributed by atoms with Crippen molar-refractivity contribution >= 4 is 0 Å². The van der Waals surface area contributed by atoms with Crippen LogP contribution in [0.25, 0.3) is 0 Å². The molecule has 0 aromatic carbocycles. The fourth-order valence-corrected chi connectivity index (χ4v) is 1.70. The summed E-state index contributed by atoms with van der Waals surface area (Å²) in [6, 6.07) is 0.558. The van der Waals surface area contributed by atoms with Gasteiger partial charge in [0.05, 0.1) is 0 Å². The van der Waals surface area contributed by atoms with Crippen molar-refractivity contribution in [2.75, 3.05) is 19.6 Å². The maximum Gasteiger partial charge on any atom is 0.0234 e. The first-order valence-corrected chi connectivity index (χ1v) is 5.05. The van der Waals surface area contributed by atoms with Crippen LogP contribution < -0.4 is 11.3 Å². The van der Waals surface area contributed by atoms with Gasteiger partial charge in [-0.2, -0.15) is 0 Å². The van der Waals surface area contributed by atoms with Gasteiger partial charge in [-0.05, 0) is 38.9 Å². The Hall–Kier alpha value is -0.120. The first kappa shape index (κ1) is 9.96. The third-order valence-corrected chi connectivity index (χ3v) is 2.65. The Bertz CT molecular complexity index is 108. The van der Waals surface area contributed by atoms with Crippen LogP contribution in [-0.4, -0.2) is 30.6 Å². The summed E-state index contributed by atoms with van der Waals surface area (Å²) >= 11 is 0. The second-order valence-corrected chi connectivity index (χ2v) is 3.64. The topological polar surface area (TPSA) is 41.3 Å². The minimum atomic E-state index is 0.558. The number of hydrogen-bond donors (Lipinski definition) is 2. The van der Waals surface area contributed by atoms with Crippen molar-refractivity contribution in [3.8, 4) is 0 Å². The Kier molecular flexibility index (Phi) is 4.58. The van der Waals surface area contributed by atoms with Gasteiger partial charge >= 0.3 is 0 Å². The zero-order chi connectivity index (χ0) is 8.81. The lowest BCUT2D eigenvalue weighted by Crippen LogP contribution is -2.45. The minimum Gasteiger partial charge on any atom is -0.303 e. The number of nitrogens with zero attached hydrogens (tertiary/aromatic N) is 1. The monoisotopic (exact) mass is 171 g/mol. The third kappa shape index (κ3) is 3.09. The molecule has 0 atom stereocenters. The van der Waals surface area contributed by atoms with Crippen molar-refractivity contribution in [1.82, 2.24) is 10.3 Å². The highest BCUT2D eigenvalue weighted by Crippen LogP contribution is 2.09. The van der Waals surface area contributed by atoms with Crippen molar-refractivity contribution in [1.29, 1.82) is 0 Å². The summed E-state index contributed by atoms with van der Waals surface area (Å²) in [6.45, 7) is 5.95. The molecule has 0 radical (unpaired) electrons. The fraction of sp³-hybridized carbons (Fsp3) is 1.00. The van der Waals surface area contributed by atoms with Crippen molar-refractivity contribution in [3.63, 3.8) is 0 Å². The van der Waals surface area contributed by atoms with E-state index in [4.69, 9.17) is 5.84 Å². The lowest BCUT2D eigenvalue weighted by molar-refractivity contribution is 0.196. The molecule has 0 aromatic heterocycles. The summed E-state index contributed by atoms with van der Waals surface area (Å²) in [5.41, 5.74) is 2.85. The quantitative estimate of drug-likeness (QED) is 0.483. The van der Waals surface area contributed by atoms with Gasteiger partial charge in [-0.1, -0.05) is 13.3 Å². The summed E-state index contributed by atoms with van der Waals surface area (Å²) in [6.07, 6.45) is 5.05. The van der Waals surface area contributed by atoms with Crippen LogP contribution in [0.5, 0.6) is 0 Å². The van der Waals surface area contributed by atoms with E-state index < -0.39 is 0 Å². The van der Waals surface area contributed by atoms with E-state index in [2.05, 4.69) is 17.2 Å². The highest BCUT2D eigenvalue weighted by molar-refractivity contribution is 4.74. The molecule has 0 aromatic rings. The van der Waals surface area contributed by atoms with Crippen LogP contribution in [-0.2, 0) is 0 Å². The van der Waals surface area contributed by atoms with Crippen LogP contribution in [0, 0.1) is 0 Å². The predicted molar refractivity (Wildman–Crippen MR) is 51.7 cm³/mol. The summed E-state index contributed by atoms with van der Waals surface area (Å²) in [5.74, 6) is 5.38. The Morgan fingerprint density at radius 1 is 1.42 bits per heavy atom. The summed E-state index contributed by atoms with van der Waals surface area (Å²) < 4.78 is 0. The third-order valence-electron chi connectivity index (χ3n) is 2.65. The number of unbranched alkanes of at least 4 members (excludes halogenated alkanes) is 1. The number of likely N-dealkylation sites (tertiary alicyclic amines) is 1. The molecule has 3 heteroatoms. The van der Waals surface area contributed by atoms with Crippen molar-refractivity contribution in [2.24, 2.45) is 5.84 Å². The zero-order valence-corrected chi connectivity index (χ0v) is 8.05. The molecular formula is C9H21N3. The van der Waals surface area contributed by atoms with E-state index in [0.29, 0.717) is 6.04 Å². The molecule has 0 bridgehead atoms. The number of nitrogens with one attached hydrogen (secondary N) is 1. The number of rotatable bonds is 4. The van der Waals surface area contributed by atoms with Crippen LogP contribution in [0.1, 0.15) is 32.6 Å². The van der Waals surface area contributed by atoms with Gasteiger partial charge in [0.15, 0.2) is 0 Å². The van der Waals surface area contributed by atoms with Gasteiger partial charge in [0.1, 0.15) is 0 Å². The fourth-order valence-electron chi connectivity index (χ4n) is 1.70. The minimum absolute atomic E-state index is 0.558. The number of hydrazine groups is 1. The van der Waals surface area contributed by atoms with Gasteiger partial charge in [0, 0.05) is 6.04 Å². The lowest BCUT2D eigenvalue weighted by Gasteiger charge is -2.31. The Morgan fingerprint density at radius 2 is 2.08 bits per heavy atom. The molecule has 1 aliphatic rings. The standard InChI is InChI=1S/C9H21N3/c1-2-3-6-12-7-4-9(11-10)5-8-12/h9,11H,2-8,10H2,1H3. The summed E-state index contributed by atoms with van der Waals surface area (Å²) in [4.78, 5) is 2.54. The molecular weight excluding hydrogens is 150 g/mol. The Labute approximate surface area is 75.3 Å². The average molecular weight is 171 g/mol. The second kappa shape index (κ2) is 5.51. The van der Waals surface area contributed by atoms with Crippen molar-refractivity contribution in [3.05, 3.63) is 0 Å². The first-order chi connectivity index (χ1) is 5.86. The van der Waals surface area contributed by atoms with Gasteiger partial charge in [0.2, 0.25) is 0 Å². The molecule has 1 aliphatic heterocycles. The second-order valence-electron chi connectivity index (χ2n) is 3.64.